The van der Waals surface area contributed by atoms with Crippen molar-refractivity contribution >= 4 is 0 Å². The highest BCUT2D eigenvalue weighted by molar-refractivity contribution is 5.55. The number of nitrogens with zero attached hydrogens (tertiary/aromatic N) is 2. The lowest BCUT2D eigenvalue weighted by molar-refractivity contribution is 0.471. The Hall–Kier alpha value is -2.16. The quantitative estimate of drug-likeness (QED) is 0.796. The van der Waals surface area contributed by atoms with E-state index in [9.17, 15) is 0 Å². The van der Waals surface area contributed by atoms with Crippen LogP contribution >= 0.6 is 0 Å². The third kappa shape index (κ3) is 2.45. The molecule has 0 saturated carbocycles. The van der Waals surface area contributed by atoms with Crippen molar-refractivity contribution in [3.8, 4) is 11.4 Å². The minimum atomic E-state index is 0.706. The topological polar surface area (TPSA) is 46.0 Å². The van der Waals surface area contributed by atoms with Gasteiger partial charge in [0.2, 0.25) is 0 Å². The second-order valence-corrected chi connectivity index (χ2v) is 3.36. The SMILES string of the molecule is O/C=C/Cc1cccc(-c2ncccn2)c1. The van der Waals surface area contributed by atoms with Crippen LogP contribution in [0.3, 0.4) is 0 Å². The van der Waals surface area contributed by atoms with Gasteiger partial charge in [-0.05, 0) is 30.2 Å². The first-order valence-electron chi connectivity index (χ1n) is 5.05. The van der Waals surface area contributed by atoms with Gasteiger partial charge in [-0.3, -0.25) is 0 Å². The predicted molar refractivity (Wildman–Crippen MR) is 62.9 cm³/mol. The third-order valence-electron chi connectivity index (χ3n) is 2.21. The average Bonchev–Trinajstić information content (AvgIpc) is 2.38. The highest BCUT2D eigenvalue weighted by Gasteiger charge is 1.99. The van der Waals surface area contributed by atoms with Crippen molar-refractivity contribution in [3.63, 3.8) is 0 Å². The molecule has 0 aliphatic heterocycles. The molecule has 1 aromatic carbocycles. The van der Waals surface area contributed by atoms with Crippen LogP contribution in [0.2, 0.25) is 0 Å². The monoisotopic (exact) mass is 212 g/mol. The number of aliphatic hydroxyl groups is 1. The lowest BCUT2D eigenvalue weighted by Gasteiger charge is -2.01. The third-order valence-corrected chi connectivity index (χ3v) is 2.21. The Labute approximate surface area is 94.1 Å². The standard InChI is InChI=1S/C13H12N2O/c16-9-2-5-11-4-1-6-12(10-11)13-14-7-3-8-15-13/h1-4,6-10,16H,5H2/b9-2+. The van der Waals surface area contributed by atoms with E-state index in [1.54, 1.807) is 24.5 Å². The van der Waals surface area contributed by atoms with Crippen LogP contribution in [0.4, 0.5) is 0 Å². The molecule has 3 nitrogen and oxygen atoms in total. The fourth-order valence-corrected chi connectivity index (χ4v) is 1.47. The number of aromatic nitrogens is 2. The molecule has 0 aliphatic carbocycles. The van der Waals surface area contributed by atoms with Crippen molar-refractivity contribution < 1.29 is 5.11 Å². The summed E-state index contributed by atoms with van der Waals surface area (Å²) in [6, 6.07) is 9.76. The van der Waals surface area contributed by atoms with Gasteiger partial charge in [0.15, 0.2) is 5.82 Å². The molecule has 0 unspecified atom stereocenters. The Morgan fingerprint density at radius 2 is 1.94 bits per heavy atom. The van der Waals surface area contributed by atoms with Crippen LogP contribution in [0.25, 0.3) is 11.4 Å². The van der Waals surface area contributed by atoms with E-state index in [1.165, 1.54) is 0 Å². The molecule has 0 saturated heterocycles. The first-order chi connectivity index (χ1) is 7.90. The minimum absolute atomic E-state index is 0.706. The second kappa shape index (κ2) is 5.07. The molecule has 2 aromatic rings. The van der Waals surface area contributed by atoms with Gasteiger partial charge in [0, 0.05) is 18.0 Å². The van der Waals surface area contributed by atoms with E-state index in [2.05, 4.69) is 9.97 Å². The van der Waals surface area contributed by atoms with Gasteiger partial charge in [-0.2, -0.15) is 0 Å². The molecule has 1 aromatic heterocycles. The molecule has 0 radical (unpaired) electrons. The van der Waals surface area contributed by atoms with Gasteiger partial charge in [0.05, 0.1) is 6.26 Å². The summed E-state index contributed by atoms with van der Waals surface area (Å²) in [6.07, 6.45) is 6.92. The van der Waals surface area contributed by atoms with Gasteiger partial charge < -0.3 is 5.11 Å². The highest BCUT2D eigenvalue weighted by Crippen LogP contribution is 2.15. The van der Waals surface area contributed by atoms with E-state index in [0.717, 1.165) is 23.2 Å². The van der Waals surface area contributed by atoms with Crippen molar-refractivity contribution in [2.45, 2.75) is 6.42 Å². The van der Waals surface area contributed by atoms with E-state index < -0.39 is 0 Å². The van der Waals surface area contributed by atoms with Gasteiger partial charge in [-0.25, -0.2) is 9.97 Å². The molecule has 0 fully saturated rings. The van der Waals surface area contributed by atoms with Gasteiger partial charge >= 0.3 is 0 Å². The lowest BCUT2D eigenvalue weighted by Crippen LogP contribution is -1.88. The molecule has 2 rings (SSSR count). The first kappa shape index (κ1) is 10.4. The van der Waals surface area contributed by atoms with Crippen molar-refractivity contribution in [2.24, 2.45) is 0 Å². The van der Waals surface area contributed by atoms with Crippen LogP contribution in [0.1, 0.15) is 5.56 Å². The molecule has 0 bridgehead atoms. The fraction of sp³-hybridized carbons (Fsp3) is 0.0769. The van der Waals surface area contributed by atoms with Crippen molar-refractivity contribution in [3.05, 3.63) is 60.6 Å². The Morgan fingerprint density at radius 3 is 2.69 bits per heavy atom. The number of benzene rings is 1. The van der Waals surface area contributed by atoms with Gasteiger partial charge in [0.1, 0.15) is 0 Å². The maximum atomic E-state index is 8.61. The van der Waals surface area contributed by atoms with Crippen molar-refractivity contribution in [1.29, 1.82) is 0 Å². The van der Waals surface area contributed by atoms with E-state index >= 15 is 0 Å². The maximum absolute atomic E-state index is 8.61. The van der Waals surface area contributed by atoms with E-state index in [0.29, 0.717) is 6.42 Å². The Morgan fingerprint density at radius 1 is 1.12 bits per heavy atom. The summed E-state index contributed by atoms with van der Waals surface area (Å²) in [5, 5.41) is 8.61. The lowest BCUT2D eigenvalue weighted by atomic mass is 10.1. The van der Waals surface area contributed by atoms with Crippen LogP contribution < -0.4 is 0 Å². The number of hydrogen-bond acceptors (Lipinski definition) is 3. The number of allylic oxidation sites excluding steroid dienone is 1. The van der Waals surface area contributed by atoms with Crippen LogP contribution in [-0.2, 0) is 6.42 Å². The summed E-state index contributed by atoms with van der Waals surface area (Å²) in [7, 11) is 0. The molecule has 0 spiro atoms. The first-order valence-corrected chi connectivity index (χ1v) is 5.05. The van der Waals surface area contributed by atoms with Crippen LogP contribution in [0.5, 0.6) is 0 Å². The largest absolute Gasteiger partial charge is 0.516 e. The molecular weight excluding hydrogens is 200 g/mol. The molecule has 0 atom stereocenters. The van der Waals surface area contributed by atoms with Crippen molar-refractivity contribution in [2.75, 3.05) is 0 Å². The number of aliphatic hydroxyl groups excluding tert-OH is 1. The summed E-state index contributed by atoms with van der Waals surface area (Å²) in [4.78, 5) is 8.38. The molecule has 16 heavy (non-hydrogen) atoms. The van der Waals surface area contributed by atoms with Crippen molar-refractivity contribution in [1.82, 2.24) is 9.97 Å². The Kier molecular flexibility index (Phi) is 3.28. The molecule has 0 amide bonds. The second-order valence-electron chi connectivity index (χ2n) is 3.36. The van der Waals surface area contributed by atoms with E-state index in [4.69, 9.17) is 5.11 Å². The predicted octanol–water partition coefficient (Wildman–Crippen LogP) is 2.76. The maximum Gasteiger partial charge on any atom is 0.159 e. The van der Waals surface area contributed by atoms with Crippen LogP contribution in [0, 0.1) is 0 Å². The molecule has 3 heteroatoms. The zero-order valence-corrected chi connectivity index (χ0v) is 8.74. The molecule has 0 aliphatic rings. The van der Waals surface area contributed by atoms with Gasteiger partial charge in [-0.15, -0.1) is 0 Å². The summed E-state index contributed by atoms with van der Waals surface area (Å²) in [5.74, 6) is 0.720. The van der Waals surface area contributed by atoms with E-state index in [1.807, 2.05) is 24.3 Å². The Balaban J connectivity index is 2.29. The number of rotatable bonds is 3. The molecular formula is C13H12N2O. The van der Waals surface area contributed by atoms with Gasteiger partial charge in [0.25, 0.3) is 0 Å². The van der Waals surface area contributed by atoms with Crippen LogP contribution in [0.15, 0.2) is 55.1 Å². The minimum Gasteiger partial charge on any atom is -0.516 e. The summed E-state index contributed by atoms with van der Waals surface area (Å²) in [6.45, 7) is 0. The summed E-state index contributed by atoms with van der Waals surface area (Å²) >= 11 is 0. The summed E-state index contributed by atoms with van der Waals surface area (Å²) in [5.41, 5.74) is 2.11. The zero-order chi connectivity index (χ0) is 11.2. The average molecular weight is 212 g/mol. The zero-order valence-electron chi connectivity index (χ0n) is 8.74. The molecule has 1 N–H and O–H groups in total. The number of hydrogen-bond donors (Lipinski definition) is 1. The highest BCUT2D eigenvalue weighted by atomic mass is 16.2. The Bertz CT molecular complexity index is 480. The fourth-order valence-electron chi connectivity index (χ4n) is 1.47. The van der Waals surface area contributed by atoms with Crippen LogP contribution in [-0.4, -0.2) is 15.1 Å². The smallest absolute Gasteiger partial charge is 0.159 e. The molecule has 1 heterocycles. The van der Waals surface area contributed by atoms with E-state index in [-0.39, 0.29) is 0 Å². The molecule has 80 valence electrons. The summed E-state index contributed by atoms with van der Waals surface area (Å²) < 4.78 is 0. The normalized spacial score (nSPS) is 10.8. The van der Waals surface area contributed by atoms with Gasteiger partial charge in [-0.1, -0.05) is 18.2 Å².